The van der Waals surface area contributed by atoms with E-state index < -0.39 is 0 Å². The maximum absolute atomic E-state index is 14.5. The third-order valence-corrected chi connectivity index (χ3v) is 6.31. The highest BCUT2D eigenvalue weighted by molar-refractivity contribution is 5.91. The number of pyridine rings is 1. The highest BCUT2D eigenvalue weighted by atomic mass is 19.1. The molecule has 8 nitrogen and oxygen atoms in total. The molecule has 1 amide bonds. The molecule has 9 heteroatoms. The van der Waals surface area contributed by atoms with Crippen molar-refractivity contribution in [3.63, 3.8) is 0 Å². The van der Waals surface area contributed by atoms with Gasteiger partial charge in [0.2, 0.25) is 11.9 Å². The Morgan fingerprint density at radius 2 is 1.92 bits per heavy atom. The van der Waals surface area contributed by atoms with E-state index in [4.69, 9.17) is 4.74 Å². The summed E-state index contributed by atoms with van der Waals surface area (Å²) < 4.78 is 22.3. The maximum Gasteiger partial charge on any atom is 0.239 e. The Hall–Kier alpha value is -3.98. The second-order valence-corrected chi connectivity index (χ2v) is 9.32. The molecule has 186 valence electrons. The minimum Gasteiger partial charge on any atom is -0.457 e. The molecular weight excluding hydrogens is 459 g/mol. The molecule has 36 heavy (non-hydrogen) atoms. The molecule has 0 spiro atoms. The Balaban J connectivity index is 1.32. The molecule has 2 aromatic heterocycles. The number of ether oxygens (including phenoxy) is 1. The Morgan fingerprint density at radius 1 is 1.11 bits per heavy atom. The third kappa shape index (κ3) is 5.16. The summed E-state index contributed by atoms with van der Waals surface area (Å²) in [5.41, 5.74) is 3.01. The topological polar surface area (TPSA) is 84.3 Å². The number of aryl methyl sites for hydroxylation is 1. The van der Waals surface area contributed by atoms with Crippen LogP contribution in [0, 0.1) is 5.82 Å². The number of hydrogen-bond acceptors (Lipinski definition) is 6. The third-order valence-electron chi connectivity index (χ3n) is 6.31. The van der Waals surface area contributed by atoms with Crippen LogP contribution in [-0.2, 0) is 11.8 Å². The van der Waals surface area contributed by atoms with Gasteiger partial charge in [0, 0.05) is 25.4 Å². The van der Waals surface area contributed by atoms with Gasteiger partial charge >= 0.3 is 0 Å². The van der Waals surface area contributed by atoms with Crippen molar-refractivity contribution in [1.29, 1.82) is 0 Å². The van der Waals surface area contributed by atoms with Crippen LogP contribution in [0.3, 0.4) is 0 Å². The lowest BCUT2D eigenvalue weighted by Crippen LogP contribution is -2.42. The van der Waals surface area contributed by atoms with E-state index in [0.717, 1.165) is 30.6 Å². The molecule has 3 heterocycles. The summed E-state index contributed by atoms with van der Waals surface area (Å²) in [6, 6.07) is 14.1. The van der Waals surface area contributed by atoms with E-state index in [0.29, 0.717) is 41.0 Å². The maximum atomic E-state index is 14.5. The predicted molar refractivity (Wildman–Crippen MR) is 138 cm³/mol. The number of benzene rings is 2. The Labute approximate surface area is 209 Å². The van der Waals surface area contributed by atoms with E-state index in [1.54, 1.807) is 24.4 Å². The van der Waals surface area contributed by atoms with Gasteiger partial charge in [-0.2, -0.15) is 0 Å². The summed E-state index contributed by atoms with van der Waals surface area (Å²) in [5.74, 6) is 1.96. The molecule has 0 aliphatic carbocycles. The SMILES string of the molecule is CC(C)c1ccc(F)c(Nc2nc3cc(Oc4ccnc(NC(=O)CN5CCC5)c4)ccc3n2C)c1. The second kappa shape index (κ2) is 9.94. The average molecular weight is 489 g/mol. The number of nitrogens with one attached hydrogen (secondary N) is 2. The molecule has 1 aliphatic heterocycles. The lowest BCUT2D eigenvalue weighted by Gasteiger charge is -2.29. The van der Waals surface area contributed by atoms with Crippen molar-refractivity contribution in [3.8, 4) is 11.5 Å². The smallest absolute Gasteiger partial charge is 0.239 e. The lowest BCUT2D eigenvalue weighted by atomic mass is 10.0. The van der Waals surface area contributed by atoms with Gasteiger partial charge in [-0.25, -0.2) is 14.4 Å². The van der Waals surface area contributed by atoms with Gasteiger partial charge in [-0.1, -0.05) is 19.9 Å². The Kier molecular flexibility index (Phi) is 6.56. The summed E-state index contributed by atoms with van der Waals surface area (Å²) in [4.78, 5) is 23.1. The van der Waals surface area contributed by atoms with Crippen LogP contribution in [0.1, 0.15) is 31.7 Å². The Morgan fingerprint density at radius 3 is 2.67 bits per heavy atom. The molecule has 5 rings (SSSR count). The first-order valence-electron chi connectivity index (χ1n) is 12.0. The molecule has 4 aromatic rings. The normalized spacial score (nSPS) is 13.6. The number of imidazole rings is 1. The van der Waals surface area contributed by atoms with Gasteiger partial charge in [-0.3, -0.25) is 9.69 Å². The molecule has 0 bridgehead atoms. The molecule has 1 saturated heterocycles. The number of anilines is 3. The number of likely N-dealkylation sites (tertiary alicyclic amines) is 1. The summed E-state index contributed by atoms with van der Waals surface area (Å²) in [6.07, 6.45) is 2.73. The molecule has 0 unspecified atom stereocenters. The van der Waals surface area contributed by atoms with Crippen molar-refractivity contribution < 1.29 is 13.9 Å². The monoisotopic (exact) mass is 488 g/mol. The van der Waals surface area contributed by atoms with Crippen LogP contribution in [0.2, 0.25) is 0 Å². The zero-order chi connectivity index (χ0) is 25.2. The first-order chi connectivity index (χ1) is 17.4. The van der Waals surface area contributed by atoms with Crippen LogP contribution in [-0.4, -0.2) is 45.0 Å². The molecule has 0 radical (unpaired) electrons. The van der Waals surface area contributed by atoms with Crippen LogP contribution in [0.5, 0.6) is 11.5 Å². The largest absolute Gasteiger partial charge is 0.457 e. The van der Waals surface area contributed by atoms with Crippen LogP contribution < -0.4 is 15.4 Å². The van der Waals surface area contributed by atoms with Crippen LogP contribution >= 0.6 is 0 Å². The number of carbonyl (C=O) groups excluding carboxylic acids is 1. The van der Waals surface area contributed by atoms with E-state index in [1.165, 1.54) is 6.07 Å². The van der Waals surface area contributed by atoms with Crippen LogP contribution in [0.15, 0.2) is 54.7 Å². The fourth-order valence-corrected chi connectivity index (χ4v) is 4.08. The Bertz CT molecular complexity index is 1410. The second-order valence-electron chi connectivity index (χ2n) is 9.32. The first-order valence-corrected chi connectivity index (χ1v) is 12.0. The number of aromatic nitrogens is 3. The number of rotatable bonds is 8. The van der Waals surface area contributed by atoms with Gasteiger partial charge in [-0.15, -0.1) is 0 Å². The molecule has 2 N–H and O–H groups in total. The quantitative estimate of drug-likeness (QED) is 0.345. The van der Waals surface area contributed by atoms with Crippen LogP contribution in [0.25, 0.3) is 11.0 Å². The van der Waals surface area contributed by atoms with E-state index >= 15 is 0 Å². The minimum absolute atomic E-state index is 0.0929. The van der Waals surface area contributed by atoms with Crippen molar-refractivity contribution in [2.45, 2.75) is 26.2 Å². The fourth-order valence-electron chi connectivity index (χ4n) is 4.08. The summed E-state index contributed by atoms with van der Waals surface area (Å²) >= 11 is 0. The summed E-state index contributed by atoms with van der Waals surface area (Å²) in [7, 11) is 1.88. The van der Waals surface area contributed by atoms with Crippen LogP contribution in [0.4, 0.5) is 21.8 Å². The molecule has 1 aliphatic rings. The number of hydrogen-bond donors (Lipinski definition) is 2. The van der Waals surface area contributed by atoms with E-state index in [2.05, 4.69) is 39.3 Å². The van der Waals surface area contributed by atoms with Gasteiger partial charge in [0.15, 0.2) is 0 Å². The molecular formula is C27H29FN6O2. The summed E-state index contributed by atoms with van der Waals surface area (Å²) in [6.45, 7) is 6.42. The van der Waals surface area contributed by atoms with Gasteiger partial charge in [-0.05, 0) is 61.3 Å². The lowest BCUT2D eigenvalue weighted by molar-refractivity contribution is -0.118. The molecule has 0 saturated carbocycles. The standard InChI is InChI=1S/C27H29FN6O2/c1-17(2)18-5-7-21(28)22(13-18)30-27-31-23-14-19(6-8-24(23)33(27)3)36-20-9-10-29-25(15-20)32-26(35)16-34-11-4-12-34/h5-10,13-15,17H,4,11-12,16H2,1-3H3,(H,30,31)(H,29,32,35). The fraction of sp³-hybridized carbons (Fsp3) is 0.296. The minimum atomic E-state index is -0.332. The number of amides is 1. The van der Waals surface area contributed by atoms with E-state index in [-0.39, 0.29) is 17.6 Å². The number of nitrogens with zero attached hydrogens (tertiary/aromatic N) is 4. The summed E-state index contributed by atoms with van der Waals surface area (Å²) in [5, 5.41) is 5.95. The first kappa shape index (κ1) is 23.7. The average Bonchev–Trinajstić information content (AvgIpc) is 3.12. The number of halogens is 1. The zero-order valence-electron chi connectivity index (χ0n) is 20.6. The van der Waals surface area contributed by atoms with Gasteiger partial charge < -0.3 is 19.9 Å². The van der Waals surface area contributed by atoms with Crippen molar-refractivity contribution in [3.05, 3.63) is 66.1 Å². The van der Waals surface area contributed by atoms with Crippen molar-refractivity contribution in [1.82, 2.24) is 19.4 Å². The number of carbonyl (C=O) groups is 1. The van der Waals surface area contributed by atoms with Crippen molar-refractivity contribution >= 4 is 34.4 Å². The predicted octanol–water partition coefficient (Wildman–Crippen LogP) is 5.41. The van der Waals surface area contributed by atoms with Crippen molar-refractivity contribution in [2.24, 2.45) is 7.05 Å². The molecule has 0 atom stereocenters. The number of fused-ring (bicyclic) bond motifs is 1. The van der Waals surface area contributed by atoms with Gasteiger partial charge in [0.25, 0.3) is 0 Å². The van der Waals surface area contributed by atoms with Gasteiger partial charge in [0.1, 0.15) is 23.1 Å². The highest BCUT2D eigenvalue weighted by Gasteiger charge is 2.17. The van der Waals surface area contributed by atoms with E-state index in [1.807, 2.05) is 35.9 Å². The van der Waals surface area contributed by atoms with E-state index in [9.17, 15) is 9.18 Å². The molecule has 1 fully saturated rings. The van der Waals surface area contributed by atoms with Gasteiger partial charge in [0.05, 0.1) is 23.3 Å². The van der Waals surface area contributed by atoms with Crippen molar-refractivity contribution in [2.75, 3.05) is 30.3 Å². The zero-order valence-corrected chi connectivity index (χ0v) is 20.6. The molecule has 2 aromatic carbocycles. The highest BCUT2D eigenvalue weighted by Crippen LogP contribution is 2.30.